The molecule has 0 unspecified atom stereocenters. The number of nitrogens with two attached hydrogens (primary N) is 1. The fourth-order valence-corrected chi connectivity index (χ4v) is 8.41. The Morgan fingerprint density at radius 2 is 1.93 bits per heavy atom. The Morgan fingerprint density at radius 3 is 2.53 bits per heavy atom. The van der Waals surface area contributed by atoms with Crippen LogP contribution in [0, 0.1) is 0 Å². The summed E-state index contributed by atoms with van der Waals surface area (Å²) in [5, 5.41) is 24.3. The molecular weight excluding hydrogens is 611 g/mol. The highest BCUT2D eigenvalue weighted by Gasteiger charge is 2.47. The number of likely N-dealkylation sites (N-methyl/N-ethyl adjacent to an activating group) is 2. The van der Waals surface area contributed by atoms with Crippen LogP contribution in [0.5, 0.6) is 5.88 Å². The summed E-state index contributed by atoms with van der Waals surface area (Å²) in [6.07, 6.45) is -4.51. The Bertz CT molecular complexity index is 1430. The van der Waals surface area contributed by atoms with Crippen molar-refractivity contribution in [2.24, 2.45) is 0 Å². The van der Waals surface area contributed by atoms with E-state index in [1.165, 1.54) is 43.9 Å². The lowest BCUT2D eigenvalue weighted by Gasteiger charge is -2.26. The van der Waals surface area contributed by atoms with Gasteiger partial charge in [0.25, 0.3) is 5.91 Å². The van der Waals surface area contributed by atoms with Gasteiger partial charge in [-0.3, -0.25) is 23.6 Å². The third-order valence-electron chi connectivity index (χ3n) is 6.75. The van der Waals surface area contributed by atoms with Gasteiger partial charge in [0, 0.05) is 19.8 Å². The monoisotopic (exact) mass is 646 g/mol. The molecule has 5 N–H and O–H groups in total. The van der Waals surface area contributed by atoms with Gasteiger partial charge in [-0.15, -0.1) is 0 Å². The smallest absolute Gasteiger partial charge is 0.327 e. The summed E-state index contributed by atoms with van der Waals surface area (Å²) in [5.41, 5.74) is 6.18. The molecule has 2 aliphatic heterocycles. The number of aliphatic hydroxyl groups excluding tert-OH is 2. The normalized spacial score (nSPS) is 26.4. The highest BCUT2D eigenvalue weighted by molar-refractivity contribution is 8.56. The van der Waals surface area contributed by atoms with Gasteiger partial charge in [0.05, 0.1) is 26.1 Å². The number of esters is 1. The number of rotatable bonds is 12. The molecule has 0 aromatic carbocycles. The number of carbonyl (C=O) groups is 3. The second-order valence-electron chi connectivity index (χ2n) is 10.2. The van der Waals surface area contributed by atoms with E-state index in [9.17, 15) is 29.2 Å². The molecule has 4 rings (SSSR count). The number of nitrogen functional groups attached to an aromatic ring is 1. The number of fused-ring (bicyclic) bond motifs is 1. The second-order valence-corrected chi connectivity index (χ2v) is 14.5. The van der Waals surface area contributed by atoms with Gasteiger partial charge in [0.1, 0.15) is 30.4 Å². The van der Waals surface area contributed by atoms with Gasteiger partial charge in [-0.25, -0.2) is 14.9 Å². The SMILES string of the molecule is COc1nc(N)nc2c1ncn2[C@@H]1O[C@H](CO[P@@](=O)(N[C@H](C)C(=O)OC(C)C)SC[C@H]2C(=O)N(C)C(=O)N2C)[C@@H](O)[C@H]1O. The van der Waals surface area contributed by atoms with Crippen LogP contribution in [0.15, 0.2) is 6.33 Å². The van der Waals surface area contributed by atoms with Crippen LogP contribution < -0.4 is 15.6 Å². The van der Waals surface area contributed by atoms with E-state index in [-0.39, 0.29) is 28.7 Å². The molecule has 3 amide bonds. The molecule has 238 valence electrons. The maximum absolute atomic E-state index is 14.0. The van der Waals surface area contributed by atoms with E-state index >= 15 is 0 Å². The van der Waals surface area contributed by atoms with Crippen LogP contribution in [0.2, 0.25) is 0 Å². The number of hydrogen-bond acceptors (Lipinski definition) is 15. The molecule has 18 nitrogen and oxygen atoms in total. The molecule has 2 fully saturated rings. The minimum atomic E-state index is -4.04. The number of hydrogen-bond donors (Lipinski definition) is 4. The number of aliphatic hydroxyl groups is 2. The summed E-state index contributed by atoms with van der Waals surface area (Å²) in [6.45, 7) is 0.201. The van der Waals surface area contributed by atoms with Gasteiger partial charge in [0.15, 0.2) is 17.4 Å². The van der Waals surface area contributed by atoms with Crippen molar-refractivity contribution < 1.29 is 47.9 Å². The Hall–Kier alpha value is -3.06. The van der Waals surface area contributed by atoms with E-state index in [1.807, 2.05) is 0 Å². The molecule has 43 heavy (non-hydrogen) atoms. The number of aromatic nitrogens is 4. The van der Waals surface area contributed by atoms with Gasteiger partial charge in [-0.1, -0.05) is 11.4 Å². The third kappa shape index (κ3) is 6.72. The molecule has 0 radical (unpaired) electrons. The first-order valence-electron chi connectivity index (χ1n) is 13.1. The Balaban J connectivity index is 1.51. The molecule has 2 saturated heterocycles. The molecule has 7 atom stereocenters. The summed E-state index contributed by atoms with van der Waals surface area (Å²) in [4.78, 5) is 51.7. The molecule has 2 aliphatic rings. The lowest BCUT2D eigenvalue weighted by atomic mass is 10.1. The first kappa shape index (κ1) is 32.8. The van der Waals surface area contributed by atoms with Crippen LogP contribution in [0.25, 0.3) is 11.2 Å². The number of methoxy groups -OCH3 is 1. The van der Waals surface area contributed by atoms with Gasteiger partial charge in [-0.2, -0.15) is 9.97 Å². The number of ether oxygens (including phenoxy) is 3. The highest BCUT2D eigenvalue weighted by atomic mass is 32.7. The zero-order valence-electron chi connectivity index (χ0n) is 24.3. The predicted molar refractivity (Wildman–Crippen MR) is 152 cm³/mol. The Labute approximate surface area is 250 Å². The van der Waals surface area contributed by atoms with Crippen molar-refractivity contribution in [3.63, 3.8) is 0 Å². The number of nitrogens with one attached hydrogen (secondary N) is 1. The van der Waals surface area contributed by atoms with Crippen LogP contribution in [0.4, 0.5) is 10.7 Å². The van der Waals surface area contributed by atoms with Crippen molar-refractivity contribution in [3.05, 3.63) is 6.33 Å². The topological polar surface area (TPSA) is 234 Å². The zero-order valence-corrected chi connectivity index (χ0v) is 26.0. The van der Waals surface area contributed by atoms with Gasteiger partial charge in [0.2, 0.25) is 11.8 Å². The molecule has 4 heterocycles. The average Bonchev–Trinajstić information content (AvgIpc) is 3.55. The minimum Gasteiger partial charge on any atom is -0.479 e. The van der Waals surface area contributed by atoms with Crippen LogP contribution >= 0.6 is 18.1 Å². The minimum absolute atomic E-state index is 0.0996. The molecule has 0 aliphatic carbocycles. The van der Waals surface area contributed by atoms with Crippen molar-refractivity contribution in [1.82, 2.24) is 34.4 Å². The van der Waals surface area contributed by atoms with Gasteiger partial charge in [-0.05, 0) is 20.8 Å². The van der Waals surface area contributed by atoms with E-state index in [0.717, 1.165) is 4.90 Å². The van der Waals surface area contributed by atoms with Gasteiger partial charge < -0.3 is 39.6 Å². The average molecular weight is 647 g/mol. The second kappa shape index (κ2) is 12.9. The summed E-state index contributed by atoms with van der Waals surface area (Å²) in [6, 6.07) is -2.54. The highest BCUT2D eigenvalue weighted by Crippen LogP contribution is 2.57. The largest absolute Gasteiger partial charge is 0.479 e. The molecule has 0 spiro atoms. The first-order valence-corrected chi connectivity index (χ1v) is 16.4. The fraction of sp³-hybridized carbons (Fsp3) is 0.652. The summed E-state index contributed by atoms with van der Waals surface area (Å²) in [7, 11) is 4.16. The molecule has 0 saturated carbocycles. The van der Waals surface area contributed by atoms with Crippen LogP contribution in [-0.2, 0) is 28.2 Å². The molecule has 0 bridgehead atoms. The lowest BCUT2D eigenvalue weighted by molar-refractivity contribution is -0.149. The number of urea groups is 1. The van der Waals surface area contributed by atoms with Crippen LogP contribution in [-0.4, -0.2) is 128 Å². The first-order chi connectivity index (χ1) is 20.2. The molecule has 2 aromatic rings. The van der Waals surface area contributed by atoms with Crippen molar-refractivity contribution in [1.29, 1.82) is 0 Å². The van der Waals surface area contributed by atoms with E-state index in [2.05, 4.69) is 20.0 Å². The third-order valence-corrected chi connectivity index (χ3v) is 10.8. The number of imidazole rings is 1. The summed E-state index contributed by atoms with van der Waals surface area (Å²) >= 11 is 0.702. The number of carbonyl (C=O) groups excluding carboxylic acids is 3. The number of imide groups is 1. The van der Waals surface area contributed by atoms with Crippen molar-refractivity contribution >= 4 is 53.1 Å². The predicted octanol–water partition coefficient (Wildman–Crippen LogP) is -0.284. The van der Waals surface area contributed by atoms with E-state index in [4.69, 9.17) is 24.5 Å². The Morgan fingerprint density at radius 1 is 1.23 bits per heavy atom. The van der Waals surface area contributed by atoms with E-state index in [0.29, 0.717) is 11.4 Å². The van der Waals surface area contributed by atoms with E-state index < -0.39 is 74.0 Å². The quantitative estimate of drug-likeness (QED) is 0.132. The number of nitrogens with zero attached hydrogens (tertiary/aromatic N) is 6. The van der Waals surface area contributed by atoms with Crippen LogP contribution in [0.1, 0.15) is 27.0 Å². The molecule has 20 heteroatoms. The number of anilines is 1. The molecular formula is C23H35N8O10PS. The van der Waals surface area contributed by atoms with Crippen LogP contribution in [0.3, 0.4) is 0 Å². The summed E-state index contributed by atoms with van der Waals surface area (Å²) < 4.78 is 37.4. The van der Waals surface area contributed by atoms with Crippen molar-refractivity contribution in [2.75, 3.05) is 39.3 Å². The van der Waals surface area contributed by atoms with Crippen molar-refractivity contribution in [3.8, 4) is 5.88 Å². The van der Waals surface area contributed by atoms with Gasteiger partial charge >= 0.3 is 18.7 Å². The maximum Gasteiger partial charge on any atom is 0.327 e. The Kier molecular flexibility index (Phi) is 9.85. The number of amides is 3. The fourth-order valence-electron chi connectivity index (χ4n) is 4.44. The lowest BCUT2D eigenvalue weighted by Crippen LogP contribution is -2.37. The maximum atomic E-state index is 14.0. The van der Waals surface area contributed by atoms with Crippen molar-refractivity contribution in [2.45, 2.75) is 63.5 Å². The summed E-state index contributed by atoms with van der Waals surface area (Å²) in [5.74, 6) is -1.34. The molecule has 2 aromatic heterocycles. The standard InChI is InChI=1S/C23H35N8O10PS/c1-10(2)40-21(35)11(3)28-42(37,43-8-12-19(34)30(5)23(36)29(12)4)39-7-13-15(32)16(33)20(41-13)31-9-25-14-17(31)26-22(24)27-18(14)38-6/h9-13,15-16,20,32-33H,7-8H2,1-6H3,(H,28,37)(H2,24,26,27)/t11-,12+,13-,15-,16-,20-,42+/m1/s1. The zero-order chi connectivity index (χ0) is 31.8. The van der Waals surface area contributed by atoms with E-state index in [1.54, 1.807) is 13.8 Å².